The third-order valence-electron chi connectivity index (χ3n) is 5.09. The molecule has 3 aromatic rings. The van der Waals surface area contributed by atoms with Crippen LogP contribution >= 0.6 is 0 Å². The van der Waals surface area contributed by atoms with Gasteiger partial charge in [0, 0.05) is 29.8 Å². The topological polar surface area (TPSA) is 71.5 Å². The highest BCUT2D eigenvalue weighted by atomic mass is 16.5. The second-order valence-electron chi connectivity index (χ2n) is 7.75. The number of aromatic nitrogens is 1. The van der Waals surface area contributed by atoms with Crippen LogP contribution in [0, 0.1) is 0 Å². The van der Waals surface area contributed by atoms with E-state index in [9.17, 15) is 9.59 Å². The van der Waals surface area contributed by atoms with Gasteiger partial charge < -0.3 is 15.0 Å². The van der Waals surface area contributed by atoms with E-state index in [1.165, 1.54) is 0 Å². The quantitative estimate of drug-likeness (QED) is 0.653. The van der Waals surface area contributed by atoms with Crippen molar-refractivity contribution in [3.63, 3.8) is 0 Å². The molecule has 1 aliphatic rings. The summed E-state index contributed by atoms with van der Waals surface area (Å²) in [5.74, 6) is 0.355. The van der Waals surface area contributed by atoms with Crippen molar-refractivity contribution in [1.82, 2.24) is 4.98 Å². The lowest BCUT2D eigenvalue weighted by atomic mass is 10.1. The van der Waals surface area contributed by atoms with E-state index in [1.807, 2.05) is 62.4 Å². The highest BCUT2D eigenvalue weighted by molar-refractivity contribution is 6.06. The molecule has 0 atom stereocenters. The average Bonchev–Trinajstić information content (AvgIpc) is 3.18. The monoisotopic (exact) mass is 415 g/mol. The van der Waals surface area contributed by atoms with Crippen LogP contribution in [0.3, 0.4) is 0 Å². The standard InChI is InChI=1S/C25H25N3O3/c1-17(2)31-23-9-4-3-8-21(23)25(30)27-20-10-11-22-18(15-20)12-14-28(22)24(29)16-19-7-5-6-13-26-19/h3-11,13,15,17H,12,14,16H2,1-2H3,(H,27,30). The van der Waals surface area contributed by atoms with Gasteiger partial charge in [-0.15, -0.1) is 0 Å². The van der Waals surface area contributed by atoms with E-state index in [4.69, 9.17) is 4.74 Å². The van der Waals surface area contributed by atoms with Crippen molar-refractivity contribution in [2.24, 2.45) is 0 Å². The number of ether oxygens (including phenoxy) is 1. The lowest BCUT2D eigenvalue weighted by Crippen LogP contribution is -2.30. The highest BCUT2D eigenvalue weighted by Gasteiger charge is 2.25. The molecular formula is C25H25N3O3. The maximum atomic E-state index is 12.8. The van der Waals surface area contributed by atoms with Crippen molar-refractivity contribution in [2.45, 2.75) is 32.8 Å². The summed E-state index contributed by atoms with van der Waals surface area (Å²) in [6.45, 7) is 4.48. The van der Waals surface area contributed by atoms with Crippen LogP contribution < -0.4 is 15.0 Å². The van der Waals surface area contributed by atoms with E-state index in [1.54, 1.807) is 23.2 Å². The zero-order valence-electron chi connectivity index (χ0n) is 17.7. The molecule has 6 heteroatoms. The van der Waals surface area contributed by atoms with Crippen molar-refractivity contribution in [3.05, 3.63) is 83.7 Å². The summed E-state index contributed by atoms with van der Waals surface area (Å²) >= 11 is 0. The molecule has 0 saturated heterocycles. The Balaban J connectivity index is 1.47. The van der Waals surface area contributed by atoms with Gasteiger partial charge in [0.1, 0.15) is 5.75 Å². The Morgan fingerprint density at radius 3 is 2.68 bits per heavy atom. The molecule has 0 unspecified atom stereocenters. The number of hydrogen-bond acceptors (Lipinski definition) is 4. The van der Waals surface area contributed by atoms with E-state index in [-0.39, 0.29) is 24.3 Å². The lowest BCUT2D eigenvalue weighted by molar-refractivity contribution is -0.117. The fourth-order valence-corrected chi connectivity index (χ4v) is 3.70. The van der Waals surface area contributed by atoms with Crippen molar-refractivity contribution < 1.29 is 14.3 Å². The van der Waals surface area contributed by atoms with Crippen LogP contribution in [0.5, 0.6) is 5.75 Å². The van der Waals surface area contributed by atoms with Crippen LogP contribution in [0.15, 0.2) is 66.9 Å². The molecule has 2 aromatic carbocycles. The third kappa shape index (κ3) is 4.74. The van der Waals surface area contributed by atoms with Gasteiger partial charge in [-0.1, -0.05) is 18.2 Å². The average molecular weight is 415 g/mol. The molecule has 4 rings (SSSR count). The molecule has 0 aliphatic carbocycles. The third-order valence-corrected chi connectivity index (χ3v) is 5.09. The van der Waals surface area contributed by atoms with Gasteiger partial charge in [-0.3, -0.25) is 14.6 Å². The molecule has 2 heterocycles. The number of benzene rings is 2. The highest BCUT2D eigenvalue weighted by Crippen LogP contribution is 2.31. The number of rotatable bonds is 6. The molecule has 0 radical (unpaired) electrons. The van der Waals surface area contributed by atoms with E-state index in [2.05, 4.69) is 10.3 Å². The number of carbonyl (C=O) groups excluding carboxylic acids is 2. The fourth-order valence-electron chi connectivity index (χ4n) is 3.70. The Hall–Kier alpha value is -3.67. The smallest absolute Gasteiger partial charge is 0.259 e. The van der Waals surface area contributed by atoms with Gasteiger partial charge in [0.2, 0.25) is 5.91 Å². The maximum Gasteiger partial charge on any atom is 0.259 e. The molecule has 6 nitrogen and oxygen atoms in total. The van der Waals surface area contributed by atoms with Crippen LogP contribution in [0.1, 0.15) is 35.5 Å². The van der Waals surface area contributed by atoms with Crippen molar-refractivity contribution in [2.75, 3.05) is 16.8 Å². The first-order valence-corrected chi connectivity index (χ1v) is 10.4. The molecule has 1 aliphatic heterocycles. The van der Waals surface area contributed by atoms with E-state index < -0.39 is 0 Å². The molecule has 0 fully saturated rings. The van der Waals surface area contributed by atoms with Gasteiger partial charge >= 0.3 is 0 Å². The van der Waals surface area contributed by atoms with Crippen molar-refractivity contribution in [1.29, 1.82) is 0 Å². The summed E-state index contributed by atoms with van der Waals surface area (Å²) in [6, 6.07) is 18.4. The SMILES string of the molecule is CC(C)Oc1ccccc1C(=O)Nc1ccc2c(c1)CCN2C(=O)Cc1ccccn1. The van der Waals surface area contributed by atoms with Gasteiger partial charge in [-0.25, -0.2) is 0 Å². The summed E-state index contributed by atoms with van der Waals surface area (Å²) in [6.07, 6.45) is 2.69. The number of para-hydroxylation sites is 1. The molecule has 158 valence electrons. The van der Waals surface area contributed by atoms with Crippen molar-refractivity contribution >= 4 is 23.2 Å². The predicted octanol–water partition coefficient (Wildman–Crippen LogP) is 4.25. The lowest BCUT2D eigenvalue weighted by Gasteiger charge is -2.18. The summed E-state index contributed by atoms with van der Waals surface area (Å²) in [4.78, 5) is 31.6. The molecule has 0 bridgehead atoms. The number of fused-ring (bicyclic) bond motifs is 1. The second-order valence-corrected chi connectivity index (χ2v) is 7.75. The Kier molecular flexibility index (Phi) is 5.98. The van der Waals surface area contributed by atoms with Crippen molar-refractivity contribution in [3.8, 4) is 5.75 Å². The normalized spacial score (nSPS) is 12.5. The van der Waals surface area contributed by atoms with E-state index >= 15 is 0 Å². The largest absolute Gasteiger partial charge is 0.490 e. The molecule has 31 heavy (non-hydrogen) atoms. The van der Waals surface area contributed by atoms with Crippen LogP contribution in [-0.4, -0.2) is 29.4 Å². The van der Waals surface area contributed by atoms with E-state index in [0.717, 1.165) is 23.4 Å². The number of anilines is 2. The van der Waals surface area contributed by atoms with Crippen LogP contribution in [0.25, 0.3) is 0 Å². The van der Waals surface area contributed by atoms with Gasteiger partial charge in [0.25, 0.3) is 5.91 Å². The summed E-state index contributed by atoms with van der Waals surface area (Å²) in [5.41, 5.74) is 3.87. The molecule has 0 spiro atoms. The predicted molar refractivity (Wildman–Crippen MR) is 121 cm³/mol. The molecule has 1 N–H and O–H groups in total. The molecule has 0 saturated carbocycles. The minimum Gasteiger partial charge on any atom is -0.490 e. The first-order chi connectivity index (χ1) is 15.0. The Morgan fingerprint density at radius 2 is 1.90 bits per heavy atom. The molecule has 1 aromatic heterocycles. The molecular weight excluding hydrogens is 390 g/mol. The first-order valence-electron chi connectivity index (χ1n) is 10.4. The number of hydrogen-bond donors (Lipinski definition) is 1. The Bertz CT molecular complexity index is 1100. The van der Waals surface area contributed by atoms with Gasteiger partial charge in [0.05, 0.1) is 18.1 Å². The zero-order valence-corrected chi connectivity index (χ0v) is 17.7. The Morgan fingerprint density at radius 1 is 1.10 bits per heavy atom. The summed E-state index contributed by atoms with van der Waals surface area (Å²) in [7, 11) is 0. The fraction of sp³-hybridized carbons (Fsp3) is 0.240. The van der Waals surface area contributed by atoms with Crippen LogP contribution in [0.2, 0.25) is 0 Å². The van der Waals surface area contributed by atoms with Gasteiger partial charge in [0.15, 0.2) is 0 Å². The maximum absolute atomic E-state index is 12.8. The van der Waals surface area contributed by atoms with E-state index in [0.29, 0.717) is 23.5 Å². The summed E-state index contributed by atoms with van der Waals surface area (Å²) < 4.78 is 5.76. The van der Waals surface area contributed by atoms with Gasteiger partial charge in [-0.05, 0) is 68.3 Å². The van der Waals surface area contributed by atoms with Crippen LogP contribution in [0.4, 0.5) is 11.4 Å². The number of nitrogens with zero attached hydrogens (tertiary/aromatic N) is 2. The first kappa shape index (κ1) is 20.6. The number of carbonyl (C=O) groups is 2. The number of pyridine rings is 1. The van der Waals surface area contributed by atoms with Gasteiger partial charge in [-0.2, -0.15) is 0 Å². The minimum absolute atomic E-state index is 0.0222. The number of amides is 2. The van der Waals surface area contributed by atoms with Crippen LogP contribution in [-0.2, 0) is 17.6 Å². The second kappa shape index (κ2) is 9.00. The minimum atomic E-state index is -0.225. The Labute approximate surface area is 181 Å². The molecule has 2 amide bonds. The number of nitrogens with one attached hydrogen (secondary N) is 1. The summed E-state index contributed by atoms with van der Waals surface area (Å²) in [5, 5.41) is 2.95. The zero-order chi connectivity index (χ0) is 21.8.